The Morgan fingerprint density at radius 1 is 1.25 bits per heavy atom. The molecular weight excluding hydrogens is 217 g/mol. The van der Waals surface area contributed by atoms with Crippen LogP contribution in [0, 0.1) is 5.41 Å². The molecule has 1 aliphatic rings. The molecule has 0 bridgehead atoms. The van der Waals surface area contributed by atoms with Gasteiger partial charge in [0.25, 0.3) is 0 Å². The second-order valence-electron chi connectivity index (χ2n) is 4.43. The van der Waals surface area contributed by atoms with Crippen molar-refractivity contribution in [3.05, 3.63) is 35.4 Å². The Kier molecular flexibility index (Phi) is 2.33. The fourth-order valence-electron chi connectivity index (χ4n) is 1.67. The fraction of sp³-hybridized carbons (Fsp3) is 0.417. The predicted molar refractivity (Wildman–Crippen MR) is 53.1 cm³/mol. The lowest BCUT2D eigenvalue weighted by atomic mass is 9.93. The van der Waals surface area contributed by atoms with Crippen molar-refractivity contribution in [3.8, 4) is 0 Å². The fourth-order valence-corrected chi connectivity index (χ4v) is 1.67. The average Bonchev–Trinajstić information content (AvgIpc) is 2.95. The molecular formula is C12H11F3O. The van der Waals surface area contributed by atoms with E-state index in [1.807, 2.05) is 0 Å². The van der Waals surface area contributed by atoms with E-state index in [-0.39, 0.29) is 11.3 Å². The Morgan fingerprint density at radius 2 is 1.81 bits per heavy atom. The lowest BCUT2D eigenvalue weighted by Crippen LogP contribution is -2.18. The Bertz CT molecular complexity index is 430. The van der Waals surface area contributed by atoms with Crippen LogP contribution >= 0.6 is 0 Å². The van der Waals surface area contributed by atoms with Crippen molar-refractivity contribution < 1.29 is 18.0 Å². The van der Waals surface area contributed by atoms with E-state index in [4.69, 9.17) is 0 Å². The lowest BCUT2D eigenvalue weighted by Gasteiger charge is -2.14. The summed E-state index contributed by atoms with van der Waals surface area (Å²) in [5.41, 5.74) is -1.59. The van der Waals surface area contributed by atoms with E-state index < -0.39 is 17.2 Å². The van der Waals surface area contributed by atoms with Gasteiger partial charge in [-0.05, 0) is 18.9 Å². The summed E-state index contributed by atoms with van der Waals surface area (Å²) in [4.78, 5) is 11.9. The Balaban J connectivity index is 2.45. The largest absolute Gasteiger partial charge is 0.417 e. The molecule has 0 N–H and O–H groups in total. The van der Waals surface area contributed by atoms with Crippen molar-refractivity contribution in [2.45, 2.75) is 25.9 Å². The van der Waals surface area contributed by atoms with Crippen molar-refractivity contribution in [3.63, 3.8) is 0 Å². The van der Waals surface area contributed by atoms with E-state index in [1.54, 1.807) is 6.92 Å². The van der Waals surface area contributed by atoms with Gasteiger partial charge in [-0.25, -0.2) is 0 Å². The van der Waals surface area contributed by atoms with Gasteiger partial charge in [0.2, 0.25) is 0 Å². The van der Waals surface area contributed by atoms with Gasteiger partial charge in [-0.2, -0.15) is 13.2 Å². The third kappa shape index (κ3) is 1.84. The van der Waals surface area contributed by atoms with Crippen LogP contribution in [0.1, 0.15) is 35.7 Å². The first-order chi connectivity index (χ1) is 7.34. The zero-order chi connectivity index (χ0) is 12.0. The Morgan fingerprint density at radius 3 is 2.31 bits per heavy atom. The van der Waals surface area contributed by atoms with E-state index in [9.17, 15) is 18.0 Å². The van der Waals surface area contributed by atoms with E-state index in [2.05, 4.69) is 0 Å². The highest BCUT2D eigenvalue weighted by molar-refractivity contribution is 6.03. The summed E-state index contributed by atoms with van der Waals surface area (Å²) in [5.74, 6) is -0.388. The van der Waals surface area contributed by atoms with E-state index in [0.29, 0.717) is 12.8 Å². The molecule has 2 rings (SSSR count). The molecule has 0 aromatic heterocycles. The SMILES string of the molecule is CC1(C(=O)c2ccccc2C(F)(F)F)CC1. The maximum atomic E-state index is 12.7. The summed E-state index contributed by atoms with van der Waals surface area (Å²) in [6, 6.07) is 4.98. The molecule has 0 spiro atoms. The van der Waals surface area contributed by atoms with Gasteiger partial charge in [-0.15, -0.1) is 0 Å². The van der Waals surface area contributed by atoms with Gasteiger partial charge in [0.1, 0.15) is 0 Å². The Hall–Kier alpha value is -1.32. The average molecular weight is 228 g/mol. The second-order valence-corrected chi connectivity index (χ2v) is 4.43. The topological polar surface area (TPSA) is 17.1 Å². The van der Waals surface area contributed by atoms with E-state index >= 15 is 0 Å². The molecule has 0 radical (unpaired) electrons. The second kappa shape index (κ2) is 3.34. The van der Waals surface area contributed by atoms with Gasteiger partial charge in [0.15, 0.2) is 5.78 Å². The highest BCUT2D eigenvalue weighted by Gasteiger charge is 2.47. The number of rotatable bonds is 2. The van der Waals surface area contributed by atoms with Gasteiger partial charge in [-0.3, -0.25) is 4.79 Å². The first-order valence-corrected chi connectivity index (χ1v) is 5.06. The zero-order valence-corrected chi connectivity index (χ0v) is 8.77. The number of hydrogen-bond donors (Lipinski definition) is 0. The van der Waals surface area contributed by atoms with Crippen molar-refractivity contribution >= 4 is 5.78 Å². The Labute approximate surface area is 91.3 Å². The van der Waals surface area contributed by atoms with Gasteiger partial charge < -0.3 is 0 Å². The molecule has 1 aromatic rings. The highest BCUT2D eigenvalue weighted by atomic mass is 19.4. The van der Waals surface area contributed by atoms with Crippen molar-refractivity contribution in [2.24, 2.45) is 5.41 Å². The number of benzene rings is 1. The molecule has 0 aliphatic heterocycles. The number of Topliss-reactive ketones (excluding diaryl/α,β-unsaturated/α-hetero) is 1. The third-order valence-electron chi connectivity index (χ3n) is 3.03. The quantitative estimate of drug-likeness (QED) is 0.705. The molecule has 0 saturated heterocycles. The van der Waals surface area contributed by atoms with Crippen molar-refractivity contribution in [1.82, 2.24) is 0 Å². The molecule has 1 nitrogen and oxygen atoms in total. The molecule has 0 atom stereocenters. The van der Waals surface area contributed by atoms with Crippen LogP contribution < -0.4 is 0 Å². The maximum absolute atomic E-state index is 12.7. The minimum atomic E-state index is -4.46. The molecule has 86 valence electrons. The van der Waals surface area contributed by atoms with E-state index in [0.717, 1.165) is 6.07 Å². The summed E-state index contributed by atoms with van der Waals surface area (Å²) >= 11 is 0. The molecule has 0 unspecified atom stereocenters. The van der Waals surface area contributed by atoms with Crippen LogP contribution in [0.4, 0.5) is 13.2 Å². The first kappa shape index (κ1) is 11.2. The van der Waals surface area contributed by atoms with Crippen molar-refractivity contribution in [1.29, 1.82) is 0 Å². The monoisotopic (exact) mass is 228 g/mol. The highest BCUT2D eigenvalue weighted by Crippen LogP contribution is 2.48. The third-order valence-corrected chi connectivity index (χ3v) is 3.03. The zero-order valence-electron chi connectivity index (χ0n) is 8.77. The number of hydrogen-bond acceptors (Lipinski definition) is 1. The minimum Gasteiger partial charge on any atom is -0.294 e. The number of alkyl halides is 3. The molecule has 16 heavy (non-hydrogen) atoms. The predicted octanol–water partition coefficient (Wildman–Crippen LogP) is 3.69. The van der Waals surface area contributed by atoms with Crippen LogP contribution in [0.25, 0.3) is 0 Å². The summed E-state index contributed by atoms with van der Waals surface area (Å²) < 4.78 is 38.0. The molecule has 0 heterocycles. The smallest absolute Gasteiger partial charge is 0.294 e. The summed E-state index contributed by atoms with van der Waals surface area (Å²) in [7, 11) is 0. The van der Waals surface area contributed by atoms with E-state index in [1.165, 1.54) is 18.2 Å². The molecule has 1 saturated carbocycles. The summed E-state index contributed by atoms with van der Waals surface area (Å²) in [6.07, 6.45) is -3.10. The van der Waals surface area contributed by atoms with Crippen LogP contribution in [-0.4, -0.2) is 5.78 Å². The van der Waals surface area contributed by atoms with Gasteiger partial charge >= 0.3 is 6.18 Å². The molecule has 1 aliphatic carbocycles. The van der Waals surface area contributed by atoms with Crippen LogP contribution in [-0.2, 0) is 6.18 Å². The van der Waals surface area contributed by atoms with Crippen LogP contribution in [0.2, 0.25) is 0 Å². The summed E-state index contributed by atoms with van der Waals surface area (Å²) in [6.45, 7) is 1.71. The molecule has 1 fully saturated rings. The van der Waals surface area contributed by atoms with Crippen LogP contribution in [0.5, 0.6) is 0 Å². The first-order valence-electron chi connectivity index (χ1n) is 5.06. The molecule has 1 aromatic carbocycles. The number of carbonyl (C=O) groups excluding carboxylic acids is 1. The summed E-state index contributed by atoms with van der Waals surface area (Å²) in [5, 5.41) is 0. The van der Waals surface area contributed by atoms with Gasteiger partial charge in [-0.1, -0.05) is 25.1 Å². The number of carbonyl (C=O) groups is 1. The van der Waals surface area contributed by atoms with Gasteiger partial charge in [0, 0.05) is 11.0 Å². The van der Waals surface area contributed by atoms with Gasteiger partial charge in [0.05, 0.1) is 5.56 Å². The normalized spacial score (nSPS) is 18.2. The number of ketones is 1. The van der Waals surface area contributed by atoms with Crippen LogP contribution in [0.3, 0.4) is 0 Å². The molecule has 4 heteroatoms. The minimum absolute atomic E-state index is 0.199. The number of halogens is 3. The maximum Gasteiger partial charge on any atom is 0.417 e. The lowest BCUT2D eigenvalue weighted by molar-refractivity contribution is -0.137. The van der Waals surface area contributed by atoms with Crippen molar-refractivity contribution in [2.75, 3.05) is 0 Å². The van der Waals surface area contributed by atoms with Crippen LogP contribution in [0.15, 0.2) is 24.3 Å². The molecule has 0 amide bonds. The standard InChI is InChI=1S/C12H11F3O/c1-11(6-7-11)10(16)8-4-2-3-5-9(8)12(13,14)15/h2-5H,6-7H2,1H3.